The maximum absolute atomic E-state index is 12.6. The van der Waals surface area contributed by atoms with Crippen LogP contribution in [0.15, 0.2) is 51.8 Å². The molecule has 0 heterocycles. The van der Waals surface area contributed by atoms with Gasteiger partial charge in [0.1, 0.15) is 4.90 Å². The number of halogens is 2. The molecule has 2 aromatic rings. The van der Waals surface area contributed by atoms with Crippen molar-refractivity contribution in [1.29, 1.82) is 0 Å². The monoisotopic (exact) mass is 401 g/mol. The first-order valence-electron chi connectivity index (χ1n) is 6.68. The van der Waals surface area contributed by atoms with Crippen molar-refractivity contribution >= 4 is 43.2 Å². The average Bonchev–Trinajstić information content (AvgIpc) is 2.40. The maximum Gasteiger partial charge on any atom is 0.263 e. The van der Waals surface area contributed by atoms with Gasteiger partial charge in [-0.1, -0.05) is 38.4 Å². The standard InChI is InChI=1S/C16H17BrClNO2S/c1-16(2,3)11-4-9-14(17)15(10-11)22(20,21)19-13-7-5-12(18)6-8-13/h4-10,19H,1-3H3. The molecule has 0 amide bonds. The van der Waals surface area contributed by atoms with Gasteiger partial charge in [0.25, 0.3) is 10.0 Å². The average molecular weight is 403 g/mol. The fraction of sp³-hybridized carbons (Fsp3) is 0.250. The number of hydrogen-bond donors (Lipinski definition) is 1. The zero-order valence-electron chi connectivity index (χ0n) is 12.5. The van der Waals surface area contributed by atoms with Gasteiger partial charge in [0.2, 0.25) is 0 Å². The van der Waals surface area contributed by atoms with Crippen LogP contribution in [0.1, 0.15) is 26.3 Å². The minimum Gasteiger partial charge on any atom is -0.280 e. The quantitative estimate of drug-likeness (QED) is 0.767. The summed E-state index contributed by atoms with van der Waals surface area (Å²) in [6.07, 6.45) is 0. The molecule has 0 saturated carbocycles. The topological polar surface area (TPSA) is 46.2 Å². The van der Waals surface area contributed by atoms with Crippen molar-refractivity contribution in [2.45, 2.75) is 31.1 Å². The summed E-state index contributed by atoms with van der Waals surface area (Å²) in [7, 11) is -3.68. The van der Waals surface area contributed by atoms with Crippen molar-refractivity contribution in [2.24, 2.45) is 0 Å². The van der Waals surface area contributed by atoms with Crippen LogP contribution >= 0.6 is 27.5 Å². The highest BCUT2D eigenvalue weighted by Crippen LogP contribution is 2.30. The van der Waals surface area contributed by atoms with Crippen LogP contribution < -0.4 is 4.72 Å². The van der Waals surface area contributed by atoms with E-state index < -0.39 is 10.0 Å². The van der Waals surface area contributed by atoms with E-state index in [4.69, 9.17) is 11.6 Å². The molecule has 0 aromatic heterocycles. The zero-order valence-corrected chi connectivity index (χ0v) is 15.7. The third-order valence-corrected chi connectivity index (χ3v) is 5.81. The third-order valence-electron chi connectivity index (χ3n) is 3.18. The molecule has 22 heavy (non-hydrogen) atoms. The fourth-order valence-electron chi connectivity index (χ4n) is 1.90. The molecule has 2 aromatic carbocycles. The molecule has 0 unspecified atom stereocenters. The molecule has 3 nitrogen and oxygen atoms in total. The van der Waals surface area contributed by atoms with Crippen molar-refractivity contribution < 1.29 is 8.42 Å². The van der Waals surface area contributed by atoms with Gasteiger partial charge in [-0.05, 0) is 63.3 Å². The molecule has 0 aliphatic carbocycles. The Bertz CT molecular complexity index is 781. The highest BCUT2D eigenvalue weighted by atomic mass is 79.9. The lowest BCUT2D eigenvalue weighted by Crippen LogP contribution is -2.16. The third kappa shape index (κ3) is 4.03. The van der Waals surface area contributed by atoms with E-state index in [1.807, 2.05) is 26.8 Å². The molecule has 0 fully saturated rings. The molecule has 1 N–H and O–H groups in total. The van der Waals surface area contributed by atoms with E-state index in [1.54, 1.807) is 36.4 Å². The van der Waals surface area contributed by atoms with Crippen molar-refractivity contribution in [3.8, 4) is 0 Å². The Morgan fingerprint density at radius 2 is 1.64 bits per heavy atom. The van der Waals surface area contributed by atoms with E-state index in [1.165, 1.54) is 0 Å². The lowest BCUT2D eigenvalue weighted by Gasteiger charge is -2.20. The zero-order chi connectivity index (χ0) is 16.5. The van der Waals surface area contributed by atoms with Gasteiger partial charge in [0, 0.05) is 15.2 Å². The summed E-state index contributed by atoms with van der Waals surface area (Å²) in [4.78, 5) is 0.217. The first-order valence-corrected chi connectivity index (χ1v) is 9.33. The van der Waals surface area contributed by atoms with Gasteiger partial charge >= 0.3 is 0 Å². The predicted molar refractivity (Wildman–Crippen MR) is 95.1 cm³/mol. The summed E-state index contributed by atoms with van der Waals surface area (Å²) < 4.78 is 28.3. The normalized spacial score (nSPS) is 12.2. The fourth-order valence-corrected chi connectivity index (χ4v) is 4.08. The molecular formula is C16H17BrClNO2S. The van der Waals surface area contributed by atoms with Crippen molar-refractivity contribution in [3.63, 3.8) is 0 Å². The molecule has 2 rings (SSSR count). The molecule has 0 atom stereocenters. The van der Waals surface area contributed by atoms with E-state index in [0.717, 1.165) is 5.56 Å². The first-order chi connectivity index (χ1) is 10.1. The Kier molecular flexibility index (Phi) is 4.90. The second-order valence-corrected chi connectivity index (χ2v) is 8.95. The first kappa shape index (κ1) is 17.3. The highest BCUT2D eigenvalue weighted by molar-refractivity contribution is 9.10. The smallest absolute Gasteiger partial charge is 0.263 e. The number of rotatable bonds is 3. The highest BCUT2D eigenvalue weighted by Gasteiger charge is 2.22. The van der Waals surface area contributed by atoms with Crippen LogP contribution in [0.3, 0.4) is 0 Å². The molecular weight excluding hydrogens is 386 g/mol. The molecule has 0 bridgehead atoms. The number of anilines is 1. The van der Waals surface area contributed by atoms with E-state index in [-0.39, 0.29) is 10.3 Å². The van der Waals surface area contributed by atoms with Crippen molar-refractivity contribution in [1.82, 2.24) is 0 Å². The largest absolute Gasteiger partial charge is 0.280 e. The van der Waals surface area contributed by atoms with Gasteiger partial charge in [-0.25, -0.2) is 8.42 Å². The lowest BCUT2D eigenvalue weighted by molar-refractivity contribution is 0.584. The molecule has 0 saturated heterocycles. The van der Waals surface area contributed by atoms with Crippen LogP contribution in [0.4, 0.5) is 5.69 Å². The van der Waals surface area contributed by atoms with E-state index in [2.05, 4.69) is 20.7 Å². The molecule has 6 heteroatoms. The summed E-state index contributed by atoms with van der Waals surface area (Å²) in [6.45, 7) is 6.12. The van der Waals surface area contributed by atoms with Gasteiger partial charge in [-0.15, -0.1) is 0 Å². The molecule has 0 radical (unpaired) electrons. The van der Waals surface area contributed by atoms with E-state index >= 15 is 0 Å². The van der Waals surface area contributed by atoms with Crippen molar-refractivity contribution in [2.75, 3.05) is 4.72 Å². The van der Waals surface area contributed by atoms with Crippen LogP contribution in [0.25, 0.3) is 0 Å². The second-order valence-electron chi connectivity index (χ2n) is 6.01. The summed E-state index contributed by atoms with van der Waals surface area (Å²) >= 11 is 9.13. The summed E-state index contributed by atoms with van der Waals surface area (Å²) in [5.74, 6) is 0. The molecule has 0 aliphatic heterocycles. The summed E-state index contributed by atoms with van der Waals surface area (Å²) in [5, 5.41) is 0.554. The van der Waals surface area contributed by atoms with Gasteiger partial charge in [0.15, 0.2) is 0 Å². The summed E-state index contributed by atoms with van der Waals surface area (Å²) in [6, 6.07) is 11.9. The van der Waals surface area contributed by atoms with Gasteiger partial charge in [-0.2, -0.15) is 0 Å². The van der Waals surface area contributed by atoms with Crippen molar-refractivity contribution in [3.05, 3.63) is 57.5 Å². The van der Waals surface area contributed by atoms with Gasteiger partial charge in [-0.3, -0.25) is 4.72 Å². The predicted octanol–water partition coefficient (Wildman–Crippen LogP) is 5.20. The maximum atomic E-state index is 12.6. The number of hydrogen-bond acceptors (Lipinski definition) is 2. The van der Waals surface area contributed by atoms with Gasteiger partial charge < -0.3 is 0 Å². The van der Waals surface area contributed by atoms with Crippen LogP contribution in [0.5, 0.6) is 0 Å². The lowest BCUT2D eigenvalue weighted by atomic mass is 9.87. The molecule has 0 spiro atoms. The van der Waals surface area contributed by atoms with Crippen LogP contribution in [-0.4, -0.2) is 8.42 Å². The van der Waals surface area contributed by atoms with Crippen LogP contribution in [0.2, 0.25) is 5.02 Å². The Balaban J connectivity index is 2.43. The number of benzene rings is 2. The Hall–Kier alpha value is -1.04. The van der Waals surface area contributed by atoms with E-state index in [9.17, 15) is 8.42 Å². The minimum absolute atomic E-state index is 0.134. The number of nitrogens with one attached hydrogen (secondary N) is 1. The molecule has 0 aliphatic rings. The molecule has 118 valence electrons. The van der Waals surface area contributed by atoms with Crippen LogP contribution in [0, 0.1) is 0 Å². The number of sulfonamides is 1. The Morgan fingerprint density at radius 1 is 1.05 bits per heavy atom. The summed E-state index contributed by atoms with van der Waals surface area (Å²) in [5.41, 5.74) is 1.29. The second kappa shape index (κ2) is 6.22. The van der Waals surface area contributed by atoms with Crippen LogP contribution in [-0.2, 0) is 15.4 Å². The minimum atomic E-state index is -3.68. The SMILES string of the molecule is CC(C)(C)c1ccc(Br)c(S(=O)(=O)Nc2ccc(Cl)cc2)c1. The Morgan fingerprint density at radius 3 is 2.18 bits per heavy atom. The Labute approximate surface area is 144 Å². The van der Waals surface area contributed by atoms with Gasteiger partial charge in [0.05, 0.1) is 0 Å². The van der Waals surface area contributed by atoms with E-state index in [0.29, 0.717) is 15.2 Å².